The highest BCUT2D eigenvalue weighted by atomic mass is 35.5. The van der Waals surface area contributed by atoms with Crippen LogP contribution in [0.2, 0.25) is 5.02 Å². The molecule has 264 valence electrons. The molecule has 3 heterocycles. The highest BCUT2D eigenvalue weighted by Gasteiger charge is 2.47. The lowest BCUT2D eigenvalue weighted by molar-refractivity contribution is -0.148. The van der Waals surface area contributed by atoms with E-state index in [2.05, 4.69) is 15.7 Å². The fourth-order valence-corrected chi connectivity index (χ4v) is 9.62. The van der Waals surface area contributed by atoms with Gasteiger partial charge in [-0.25, -0.2) is 4.72 Å². The van der Waals surface area contributed by atoms with Crippen LogP contribution >= 0.6 is 11.6 Å². The van der Waals surface area contributed by atoms with Gasteiger partial charge in [0, 0.05) is 50.2 Å². The maximum Gasteiger partial charge on any atom is 0.303 e. The molecule has 1 spiro atoms. The average molecular weight is 713 g/mol. The summed E-state index contributed by atoms with van der Waals surface area (Å²) in [5.41, 5.74) is 0.273. The molecule has 0 radical (unpaired) electrons. The summed E-state index contributed by atoms with van der Waals surface area (Å²) in [6.07, 6.45) is 8.15. The van der Waals surface area contributed by atoms with Crippen LogP contribution in [0.4, 0.5) is 5.69 Å². The Morgan fingerprint density at radius 1 is 1.10 bits per heavy atom. The molecule has 2 aromatic carbocycles. The summed E-state index contributed by atoms with van der Waals surface area (Å²) < 4.78 is 35.9. The predicted molar refractivity (Wildman–Crippen MR) is 186 cm³/mol. The van der Waals surface area contributed by atoms with Crippen molar-refractivity contribution in [1.29, 1.82) is 0 Å². The first-order valence-electron chi connectivity index (χ1n) is 17.3. The molecule has 0 unspecified atom stereocenters. The molecule has 7 rings (SSSR count). The first-order valence-corrected chi connectivity index (χ1v) is 19.1. The second-order valence-electron chi connectivity index (χ2n) is 14.5. The minimum atomic E-state index is -4.21. The summed E-state index contributed by atoms with van der Waals surface area (Å²) in [5.74, 6) is -0.903. The summed E-state index contributed by atoms with van der Waals surface area (Å²) in [6, 6.07) is 11.0. The first-order chi connectivity index (χ1) is 23.4. The number of carbonyl (C=O) groups is 2. The molecule has 49 heavy (non-hydrogen) atoms. The fraction of sp³-hybridized carbons (Fsp3) is 0.556. The third-order valence-corrected chi connectivity index (χ3v) is 13.2. The zero-order valence-corrected chi connectivity index (χ0v) is 29.4. The number of hydrogen-bond acceptors (Lipinski definition) is 8. The molecule has 2 bridgehead atoms. The van der Waals surface area contributed by atoms with Gasteiger partial charge < -0.3 is 24.7 Å². The van der Waals surface area contributed by atoms with Crippen molar-refractivity contribution < 1.29 is 33.0 Å². The summed E-state index contributed by atoms with van der Waals surface area (Å²) in [4.78, 5) is 31.1. The fourth-order valence-electron chi connectivity index (χ4n) is 8.16. The van der Waals surface area contributed by atoms with E-state index >= 15 is 0 Å². The van der Waals surface area contributed by atoms with E-state index in [4.69, 9.17) is 16.3 Å². The molecule has 0 aromatic heterocycles. The lowest BCUT2D eigenvalue weighted by Crippen LogP contribution is -2.55. The Hall–Kier alpha value is -3.16. The molecule has 2 fully saturated rings. The van der Waals surface area contributed by atoms with Crippen LogP contribution in [0.25, 0.3) is 0 Å². The molecule has 5 atom stereocenters. The van der Waals surface area contributed by atoms with E-state index in [-0.39, 0.29) is 35.9 Å². The lowest BCUT2D eigenvalue weighted by atomic mass is 9.68. The molecule has 13 heteroatoms. The Balaban J connectivity index is 1.33. The van der Waals surface area contributed by atoms with E-state index in [1.54, 1.807) is 25.2 Å². The molecule has 3 N–H and O–H groups in total. The molecule has 1 saturated heterocycles. The Morgan fingerprint density at radius 2 is 1.92 bits per heavy atom. The molecule has 2 aromatic rings. The van der Waals surface area contributed by atoms with Gasteiger partial charge in [0.05, 0.1) is 24.8 Å². The number of hydrogen-bond donors (Lipinski definition) is 3. The van der Waals surface area contributed by atoms with Crippen molar-refractivity contribution in [2.45, 2.75) is 68.5 Å². The number of benzene rings is 2. The number of aryl methyl sites for hydroxylation is 1. The minimum absolute atomic E-state index is 0.0575. The van der Waals surface area contributed by atoms with Gasteiger partial charge in [0.15, 0.2) is 5.60 Å². The van der Waals surface area contributed by atoms with E-state index in [1.807, 2.05) is 24.3 Å². The van der Waals surface area contributed by atoms with E-state index < -0.39 is 40.1 Å². The summed E-state index contributed by atoms with van der Waals surface area (Å²) in [6.45, 7) is 2.44. The average Bonchev–Trinajstić information content (AvgIpc) is 3.16. The van der Waals surface area contributed by atoms with Crippen LogP contribution in [0.5, 0.6) is 5.75 Å². The number of aliphatic hydroxyl groups is 2. The van der Waals surface area contributed by atoms with E-state index in [0.29, 0.717) is 55.5 Å². The van der Waals surface area contributed by atoms with Crippen molar-refractivity contribution in [1.82, 2.24) is 13.9 Å². The van der Waals surface area contributed by atoms with Gasteiger partial charge in [0.25, 0.3) is 5.91 Å². The second kappa shape index (κ2) is 13.2. The smallest absolute Gasteiger partial charge is 0.303 e. The summed E-state index contributed by atoms with van der Waals surface area (Å²) in [5, 5.41) is 24.1. The molecular formula is C36H45ClN4O7S. The van der Waals surface area contributed by atoms with Crippen LogP contribution in [0.1, 0.15) is 61.6 Å². The number of rotatable bonds is 3. The SMILES string of the molecule is CN1CC/C=C\[C@H](O)[C@@H]2CC[C@H]2CN2C[C@@]3(CCCc4cc(Cl)ccc43)COc3ccc(cc32)[C@@](O)(C(=O)NS(=O)(=O)N2CCC2)CC1=O. The molecule has 1 saturated carbocycles. The third-order valence-electron chi connectivity index (χ3n) is 11.4. The van der Waals surface area contributed by atoms with E-state index in [9.17, 15) is 28.2 Å². The number of aliphatic hydroxyl groups excluding tert-OH is 1. The summed E-state index contributed by atoms with van der Waals surface area (Å²) >= 11 is 6.42. The van der Waals surface area contributed by atoms with Crippen LogP contribution in [-0.2, 0) is 37.2 Å². The van der Waals surface area contributed by atoms with Crippen LogP contribution in [0.3, 0.4) is 0 Å². The first kappa shape index (κ1) is 34.3. The molecular weight excluding hydrogens is 668 g/mol. The highest BCUT2D eigenvalue weighted by Crippen LogP contribution is 2.47. The van der Waals surface area contributed by atoms with Crippen LogP contribution in [0, 0.1) is 11.8 Å². The van der Waals surface area contributed by atoms with Gasteiger partial charge in [-0.2, -0.15) is 12.7 Å². The standard InChI is InChI=1S/C36H45ClN4O7S/c1-39-15-3-2-7-31(42)28-11-8-25(28)21-40-22-35(14-4-6-24-18-27(37)10-12-29(24)35)23-48-32-13-9-26(19-30(32)40)36(45,20-33(39)43)34(44)38-49(46,47)41-16-5-17-41/h2,7,9-10,12-13,18-19,25,28,31,42,45H,3-6,8,11,14-17,20-23H2,1H3,(H,38,44)/b7-2-/t25-,28+,31-,35-,36+/m0/s1. The van der Waals surface area contributed by atoms with Gasteiger partial charge in [-0.3, -0.25) is 9.59 Å². The highest BCUT2D eigenvalue weighted by molar-refractivity contribution is 7.87. The van der Waals surface area contributed by atoms with Crippen LogP contribution in [0.15, 0.2) is 48.6 Å². The number of nitrogens with zero attached hydrogens (tertiary/aromatic N) is 3. The monoisotopic (exact) mass is 712 g/mol. The predicted octanol–water partition coefficient (Wildman–Crippen LogP) is 3.26. The largest absolute Gasteiger partial charge is 0.490 e. The molecule has 3 aliphatic heterocycles. The quantitative estimate of drug-likeness (QED) is 0.413. The maximum absolute atomic E-state index is 13.9. The maximum atomic E-state index is 13.9. The Morgan fingerprint density at radius 3 is 2.65 bits per heavy atom. The van der Waals surface area contributed by atoms with Gasteiger partial charge in [0.1, 0.15) is 5.75 Å². The molecule has 11 nitrogen and oxygen atoms in total. The van der Waals surface area contributed by atoms with Crippen molar-refractivity contribution in [2.24, 2.45) is 11.8 Å². The van der Waals surface area contributed by atoms with Crippen molar-refractivity contribution in [3.8, 4) is 5.75 Å². The number of amides is 2. The zero-order chi connectivity index (χ0) is 34.6. The zero-order valence-electron chi connectivity index (χ0n) is 27.8. The van der Waals surface area contributed by atoms with Crippen molar-refractivity contribution in [3.63, 3.8) is 0 Å². The Labute approximate surface area is 293 Å². The van der Waals surface area contributed by atoms with Gasteiger partial charge in [-0.05, 0) is 97.7 Å². The normalized spacial score (nSPS) is 31.3. The number of nitrogens with one attached hydrogen (secondary N) is 1. The van der Waals surface area contributed by atoms with Crippen molar-refractivity contribution in [3.05, 3.63) is 70.3 Å². The number of halogens is 1. The van der Waals surface area contributed by atoms with E-state index in [1.165, 1.54) is 16.0 Å². The van der Waals surface area contributed by atoms with Gasteiger partial charge in [-0.15, -0.1) is 0 Å². The topological polar surface area (TPSA) is 140 Å². The Kier molecular flexibility index (Phi) is 9.23. The van der Waals surface area contributed by atoms with Crippen LogP contribution < -0.4 is 14.4 Å². The molecule has 2 aliphatic carbocycles. The van der Waals surface area contributed by atoms with Gasteiger partial charge >= 0.3 is 10.2 Å². The lowest BCUT2D eigenvalue weighted by Gasteiger charge is -2.45. The van der Waals surface area contributed by atoms with Crippen molar-refractivity contribution in [2.75, 3.05) is 51.3 Å². The molecule has 2 amide bonds. The van der Waals surface area contributed by atoms with Gasteiger partial charge in [-0.1, -0.05) is 35.9 Å². The molecule has 5 aliphatic rings. The number of ether oxygens (including phenoxy) is 1. The third kappa shape index (κ3) is 6.46. The Bertz CT molecular complexity index is 1770. The summed E-state index contributed by atoms with van der Waals surface area (Å²) in [7, 11) is -2.63. The number of fused-ring (bicyclic) bond motifs is 4. The second-order valence-corrected chi connectivity index (χ2v) is 16.6. The van der Waals surface area contributed by atoms with E-state index in [0.717, 1.165) is 36.4 Å². The number of anilines is 1. The van der Waals surface area contributed by atoms with Crippen molar-refractivity contribution >= 4 is 39.3 Å². The van der Waals surface area contributed by atoms with Gasteiger partial charge in [0.2, 0.25) is 5.91 Å². The minimum Gasteiger partial charge on any atom is -0.490 e. The number of carbonyl (C=O) groups excluding carboxylic acids is 2. The van der Waals surface area contributed by atoms with Crippen LogP contribution in [-0.4, -0.2) is 92.1 Å².